The van der Waals surface area contributed by atoms with E-state index in [9.17, 15) is 14.9 Å². The van der Waals surface area contributed by atoms with Gasteiger partial charge in [-0.1, -0.05) is 34.1 Å². The molecule has 1 amide bonds. The molecule has 2 aliphatic rings. The van der Waals surface area contributed by atoms with Crippen LogP contribution in [0.3, 0.4) is 0 Å². The number of hydrogen-bond acceptors (Lipinski definition) is 6. The molecule has 9 heteroatoms. The van der Waals surface area contributed by atoms with Crippen LogP contribution in [0.15, 0.2) is 40.9 Å². The van der Waals surface area contributed by atoms with Gasteiger partial charge in [0, 0.05) is 26.7 Å². The first kappa shape index (κ1) is 19.7. The molecule has 2 aromatic carbocycles. The van der Waals surface area contributed by atoms with Crippen LogP contribution in [-0.4, -0.2) is 37.1 Å². The molecule has 0 unspecified atom stereocenters. The molecule has 0 aromatic heterocycles. The second-order valence-corrected chi connectivity index (χ2v) is 8.08. The summed E-state index contributed by atoms with van der Waals surface area (Å²) in [6, 6.07) is 8.99. The molecule has 152 valence electrons. The number of para-hydroxylation sites is 1. The highest BCUT2D eigenvalue weighted by Gasteiger charge is 2.67. The second-order valence-electron chi connectivity index (χ2n) is 7.23. The van der Waals surface area contributed by atoms with Gasteiger partial charge in [-0.2, -0.15) is 0 Å². The van der Waals surface area contributed by atoms with E-state index in [0.29, 0.717) is 32.8 Å². The number of halogens is 1. The average Bonchev–Trinajstić information content (AvgIpc) is 3.16. The van der Waals surface area contributed by atoms with Gasteiger partial charge >= 0.3 is 0 Å². The summed E-state index contributed by atoms with van der Waals surface area (Å²) in [5.41, 5.74) is 0.420. The number of methoxy groups -OCH3 is 2. The lowest BCUT2D eigenvalue weighted by atomic mass is 9.78. The van der Waals surface area contributed by atoms with E-state index in [1.807, 2.05) is 6.92 Å². The molecular formula is C20H20BrN3O5. The van der Waals surface area contributed by atoms with E-state index in [2.05, 4.69) is 26.6 Å². The highest BCUT2D eigenvalue weighted by atomic mass is 79.9. The number of anilines is 1. The Hall–Kier alpha value is -2.65. The van der Waals surface area contributed by atoms with Crippen molar-refractivity contribution in [3.8, 4) is 11.5 Å². The van der Waals surface area contributed by atoms with Crippen molar-refractivity contribution in [1.82, 2.24) is 5.32 Å². The SMILES string of the molecule is COc1cc(Br)c([C@@H]2[C@H](C)N[C@]3(C(=O)Nc4ccccc43)[C@@H]2[N+](=O)[O-])cc1OC. The monoisotopic (exact) mass is 461 g/mol. The summed E-state index contributed by atoms with van der Waals surface area (Å²) in [4.78, 5) is 25.1. The predicted octanol–water partition coefficient (Wildman–Crippen LogP) is 3.03. The maximum absolute atomic E-state index is 13.1. The first-order chi connectivity index (χ1) is 13.8. The van der Waals surface area contributed by atoms with Crippen molar-refractivity contribution in [2.45, 2.75) is 30.5 Å². The van der Waals surface area contributed by atoms with Gasteiger partial charge in [-0.05, 0) is 30.7 Å². The van der Waals surface area contributed by atoms with Crippen LogP contribution in [-0.2, 0) is 10.3 Å². The lowest BCUT2D eigenvalue weighted by Crippen LogP contribution is -2.54. The van der Waals surface area contributed by atoms with E-state index in [0.717, 1.165) is 0 Å². The van der Waals surface area contributed by atoms with E-state index in [4.69, 9.17) is 9.47 Å². The number of fused-ring (bicyclic) bond motifs is 2. The Bertz CT molecular complexity index is 1010. The van der Waals surface area contributed by atoms with E-state index in [-0.39, 0.29) is 11.0 Å². The van der Waals surface area contributed by atoms with E-state index in [1.54, 1.807) is 36.4 Å². The summed E-state index contributed by atoms with van der Waals surface area (Å²) >= 11 is 3.52. The van der Waals surface area contributed by atoms with Crippen molar-refractivity contribution >= 4 is 27.5 Å². The van der Waals surface area contributed by atoms with Gasteiger partial charge in [0.15, 0.2) is 17.0 Å². The lowest BCUT2D eigenvalue weighted by Gasteiger charge is -2.26. The molecule has 29 heavy (non-hydrogen) atoms. The third-order valence-corrected chi connectivity index (χ3v) is 6.51. The lowest BCUT2D eigenvalue weighted by molar-refractivity contribution is -0.532. The van der Waals surface area contributed by atoms with Crippen molar-refractivity contribution in [3.63, 3.8) is 0 Å². The molecule has 2 N–H and O–H groups in total. The third kappa shape index (κ3) is 2.71. The minimum atomic E-state index is -1.45. The summed E-state index contributed by atoms with van der Waals surface area (Å²) in [5.74, 6) is -0.0160. The number of nitrogens with zero attached hydrogens (tertiary/aromatic N) is 1. The maximum atomic E-state index is 13.1. The molecule has 0 bridgehead atoms. The molecule has 0 saturated carbocycles. The summed E-state index contributed by atoms with van der Waals surface area (Å²) < 4.78 is 11.4. The van der Waals surface area contributed by atoms with Crippen LogP contribution in [0, 0.1) is 10.1 Å². The largest absolute Gasteiger partial charge is 0.493 e. The van der Waals surface area contributed by atoms with Crippen molar-refractivity contribution in [2.24, 2.45) is 0 Å². The van der Waals surface area contributed by atoms with Crippen LogP contribution >= 0.6 is 15.9 Å². The van der Waals surface area contributed by atoms with Gasteiger partial charge in [-0.3, -0.25) is 20.2 Å². The smallest absolute Gasteiger partial charge is 0.256 e. The van der Waals surface area contributed by atoms with Crippen LogP contribution in [0.25, 0.3) is 0 Å². The Morgan fingerprint density at radius 2 is 1.83 bits per heavy atom. The van der Waals surface area contributed by atoms with Crippen LogP contribution in [0.5, 0.6) is 11.5 Å². The van der Waals surface area contributed by atoms with Gasteiger partial charge in [-0.15, -0.1) is 0 Å². The third-order valence-electron chi connectivity index (χ3n) is 5.83. The fourth-order valence-corrected chi connectivity index (χ4v) is 5.23. The molecule has 1 saturated heterocycles. The number of ether oxygens (including phenoxy) is 2. The van der Waals surface area contributed by atoms with Gasteiger partial charge < -0.3 is 14.8 Å². The average molecular weight is 462 g/mol. The number of nitrogens with one attached hydrogen (secondary N) is 2. The Labute approximate surface area is 175 Å². The molecule has 4 atom stereocenters. The van der Waals surface area contributed by atoms with Crippen LogP contribution in [0.1, 0.15) is 24.0 Å². The van der Waals surface area contributed by atoms with Crippen LogP contribution < -0.4 is 20.1 Å². The molecular weight excluding hydrogens is 442 g/mol. The highest BCUT2D eigenvalue weighted by molar-refractivity contribution is 9.10. The van der Waals surface area contributed by atoms with Crippen LogP contribution in [0.2, 0.25) is 0 Å². The zero-order chi connectivity index (χ0) is 20.9. The molecule has 2 aromatic rings. The Balaban J connectivity index is 1.91. The zero-order valence-corrected chi connectivity index (χ0v) is 17.6. The molecule has 1 spiro atoms. The number of carbonyl (C=O) groups excluding carboxylic acids is 1. The van der Waals surface area contributed by atoms with E-state index < -0.39 is 23.4 Å². The quantitative estimate of drug-likeness (QED) is 0.535. The van der Waals surface area contributed by atoms with Crippen molar-refractivity contribution in [1.29, 1.82) is 0 Å². The Morgan fingerprint density at radius 3 is 2.48 bits per heavy atom. The summed E-state index contributed by atoms with van der Waals surface area (Å²) in [6.07, 6.45) is 0. The number of amides is 1. The van der Waals surface area contributed by atoms with E-state index >= 15 is 0 Å². The molecule has 1 fully saturated rings. The molecule has 2 heterocycles. The number of benzene rings is 2. The maximum Gasteiger partial charge on any atom is 0.256 e. The first-order valence-corrected chi connectivity index (χ1v) is 9.88. The van der Waals surface area contributed by atoms with E-state index in [1.165, 1.54) is 14.2 Å². The Morgan fingerprint density at radius 1 is 1.17 bits per heavy atom. The van der Waals surface area contributed by atoms with Crippen molar-refractivity contribution < 1.29 is 19.2 Å². The summed E-state index contributed by atoms with van der Waals surface area (Å²) in [7, 11) is 3.04. The van der Waals surface area contributed by atoms with Gasteiger partial charge in [0.1, 0.15) is 0 Å². The zero-order valence-electron chi connectivity index (χ0n) is 16.1. The molecule has 2 aliphatic heterocycles. The molecule has 0 aliphatic carbocycles. The fraction of sp³-hybridized carbons (Fsp3) is 0.350. The van der Waals surface area contributed by atoms with Crippen molar-refractivity contribution in [2.75, 3.05) is 19.5 Å². The predicted molar refractivity (Wildman–Crippen MR) is 110 cm³/mol. The second kappa shape index (κ2) is 7.00. The van der Waals surface area contributed by atoms with Gasteiger partial charge in [-0.25, -0.2) is 0 Å². The number of nitro groups is 1. The van der Waals surface area contributed by atoms with Crippen LogP contribution in [0.4, 0.5) is 5.69 Å². The standard InChI is InChI=1S/C20H20BrN3O5/c1-10-17(11-8-15(28-2)16(29-3)9-13(11)21)18(24(26)27)20(23-10)12-6-4-5-7-14(12)22-19(20)25/h4-10,17-18,23H,1-3H3,(H,22,25)/t10-,17-,18+,20-/m0/s1. The van der Waals surface area contributed by atoms with Crippen molar-refractivity contribution in [3.05, 3.63) is 62.1 Å². The fourth-order valence-electron chi connectivity index (χ4n) is 4.65. The topological polar surface area (TPSA) is 103 Å². The number of rotatable bonds is 4. The van der Waals surface area contributed by atoms with Gasteiger partial charge in [0.2, 0.25) is 0 Å². The Kier molecular flexibility index (Phi) is 4.74. The van der Waals surface area contributed by atoms with Gasteiger partial charge in [0.05, 0.1) is 20.1 Å². The molecule has 8 nitrogen and oxygen atoms in total. The molecule has 4 rings (SSSR count). The summed E-state index contributed by atoms with van der Waals surface area (Å²) in [6.45, 7) is 1.85. The highest BCUT2D eigenvalue weighted by Crippen LogP contribution is 2.51. The number of carbonyl (C=O) groups is 1. The minimum Gasteiger partial charge on any atom is -0.493 e. The summed E-state index contributed by atoms with van der Waals surface area (Å²) in [5, 5.41) is 18.4. The minimum absolute atomic E-state index is 0.350. The van der Waals surface area contributed by atoms with Gasteiger partial charge in [0.25, 0.3) is 11.9 Å². The number of hydrogen-bond donors (Lipinski definition) is 2. The first-order valence-electron chi connectivity index (χ1n) is 9.08. The molecule has 0 radical (unpaired) electrons. The normalized spacial score (nSPS) is 27.6.